The van der Waals surface area contributed by atoms with Crippen LogP contribution in [0.25, 0.3) is 10.9 Å². The van der Waals surface area contributed by atoms with Crippen LogP contribution in [0.5, 0.6) is 0 Å². The van der Waals surface area contributed by atoms with E-state index in [9.17, 15) is 14.4 Å². The largest absolute Gasteiger partial charge is 0.349 e. The van der Waals surface area contributed by atoms with Gasteiger partial charge in [-0.05, 0) is 43.2 Å². The maximum absolute atomic E-state index is 12.6. The zero-order valence-corrected chi connectivity index (χ0v) is 13.9. The number of aromatic nitrogens is 1. The average molecular weight is 347 g/mol. The van der Waals surface area contributed by atoms with Gasteiger partial charge in [-0.15, -0.1) is 0 Å². The number of anilines is 1. The predicted octanol–water partition coefficient (Wildman–Crippen LogP) is 2.67. The summed E-state index contributed by atoms with van der Waals surface area (Å²) in [6.45, 7) is 0. The van der Waals surface area contributed by atoms with E-state index in [0.29, 0.717) is 33.8 Å². The van der Waals surface area contributed by atoms with Crippen molar-refractivity contribution in [3.05, 3.63) is 76.1 Å². The van der Waals surface area contributed by atoms with E-state index in [0.717, 1.165) is 12.8 Å². The van der Waals surface area contributed by atoms with Crippen LogP contribution in [0.4, 0.5) is 5.69 Å². The van der Waals surface area contributed by atoms with E-state index in [4.69, 9.17) is 0 Å². The lowest BCUT2D eigenvalue weighted by molar-refractivity contribution is 0.0950. The van der Waals surface area contributed by atoms with Crippen molar-refractivity contribution in [2.75, 3.05) is 5.32 Å². The van der Waals surface area contributed by atoms with E-state index in [-0.39, 0.29) is 17.4 Å². The number of amides is 2. The zero-order valence-electron chi connectivity index (χ0n) is 13.9. The molecule has 4 rings (SSSR count). The summed E-state index contributed by atoms with van der Waals surface area (Å²) < 4.78 is 0. The Hall–Kier alpha value is -3.41. The van der Waals surface area contributed by atoms with Crippen molar-refractivity contribution in [1.29, 1.82) is 0 Å². The Labute approximate surface area is 149 Å². The van der Waals surface area contributed by atoms with Gasteiger partial charge < -0.3 is 15.6 Å². The fourth-order valence-electron chi connectivity index (χ4n) is 2.79. The number of carbonyl (C=O) groups is 2. The van der Waals surface area contributed by atoms with E-state index < -0.39 is 0 Å². The van der Waals surface area contributed by atoms with Crippen LogP contribution in [-0.4, -0.2) is 22.8 Å². The van der Waals surface area contributed by atoms with Crippen LogP contribution in [-0.2, 0) is 0 Å². The van der Waals surface area contributed by atoms with Gasteiger partial charge in [0.1, 0.15) is 0 Å². The quantitative estimate of drug-likeness (QED) is 0.678. The molecular formula is C20H17N3O3. The first-order valence-corrected chi connectivity index (χ1v) is 8.44. The summed E-state index contributed by atoms with van der Waals surface area (Å²) in [6, 6.07) is 15.4. The van der Waals surface area contributed by atoms with E-state index in [1.54, 1.807) is 42.5 Å². The molecule has 1 aromatic heterocycles. The number of pyridine rings is 1. The van der Waals surface area contributed by atoms with Gasteiger partial charge in [0.2, 0.25) is 5.56 Å². The first-order valence-electron chi connectivity index (χ1n) is 8.44. The van der Waals surface area contributed by atoms with Gasteiger partial charge in [-0.2, -0.15) is 0 Å². The second-order valence-electron chi connectivity index (χ2n) is 6.37. The Balaban J connectivity index is 1.55. The highest BCUT2D eigenvalue weighted by molar-refractivity contribution is 6.12. The highest BCUT2D eigenvalue weighted by atomic mass is 16.2. The third-order valence-corrected chi connectivity index (χ3v) is 4.31. The highest BCUT2D eigenvalue weighted by Crippen LogP contribution is 2.20. The van der Waals surface area contributed by atoms with Gasteiger partial charge in [-0.3, -0.25) is 14.4 Å². The fraction of sp³-hybridized carbons (Fsp3) is 0.150. The lowest BCUT2D eigenvalue weighted by atomic mass is 10.1. The topological polar surface area (TPSA) is 91.1 Å². The summed E-state index contributed by atoms with van der Waals surface area (Å²) in [7, 11) is 0. The summed E-state index contributed by atoms with van der Waals surface area (Å²) >= 11 is 0. The monoisotopic (exact) mass is 347 g/mol. The minimum atomic E-state index is -0.373. The van der Waals surface area contributed by atoms with Gasteiger partial charge in [0.15, 0.2) is 0 Å². The van der Waals surface area contributed by atoms with Gasteiger partial charge in [-0.25, -0.2) is 0 Å². The number of H-pyrrole nitrogens is 1. The molecule has 26 heavy (non-hydrogen) atoms. The van der Waals surface area contributed by atoms with Crippen LogP contribution in [0.15, 0.2) is 59.4 Å². The smallest absolute Gasteiger partial charge is 0.256 e. The molecule has 3 N–H and O–H groups in total. The second kappa shape index (κ2) is 6.48. The third kappa shape index (κ3) is 3.35. The number of rotatable bonds is 4. The molecule has 0 radical (unpaired) electrons. The molecule has 0 saturated heterocycles. The standard InChI is InChI=1S/C20H17N3O3/c24-18-11-16(15-3-1-2-4-17(15)23-18)20(26)22-13-7-5-12(6-8-13)19(25)21-14-9-10-14/h1-8,11,14H,9-10H2,(H,21,25)(H,22,26)(H,23,24). The predicted molar refractivity (Wildman–Crippen MR) is 99.5 cm³/mol. The number of para-hydroxylation sites is 1. The first-order chi connectivity index (χ1) is 12.6. The number of nitrogens with one attached hydrogen (secondary N) is 3. The molecule has 0 aliphatic heterocycles. The second-order valence-corrected chi connectivity index (χ2v) is 6.37. The van der Waals surface area contributed by atoms with Crippen molar-refractivity contribution in [2.45, 2.75) is 18.9 Å². The Kier molecular flexibility index (Phi) is 4.01. The van der Waals surface area contributed by atoms with Crippen molar-refractivity contribution >= 4 is 28.4 Å². The number of aromatic amines is 1. The summed E-state index contributed by atoms with van der Waals surface area (Å²) in [5, 5.41) is 6.36. The minimum Gasteiger partial charge on any atom is -0.349 e. The molecule has 0 unspecified atom stereocenters. The van der Waals surface area contributed by atoms with E-state index in [2.05, 4.69) is 15.6 Å². The number of hydrogen-bond donors (Lipinski definition) is 3. The van der Waals surface area contributed by atoms with Crippen LogP contribution in [0, 0.1) is 0 Å². The lowest BCUT2D eigenvalue weighted by Gasteiger charge is -2.09. The van der Waals surface area contributed by atoms with Crippen LogP contribution in [0.2, 0.25) is 0 Å². The van der Waals surface area contributed by atoms with Crippen molar-refractivity contribution in [1.82, 2.24) is 10.3 Å². The normalized spacial score (nSPS) is 13.4. The van der Waals surface area contributed by atoms with Gasteiger partial charge in [0.25, 0.3) is 11.8 Å². The summed E-state index contributed by atoms with van der Waals surface area (Å²) in [5.41, 5.74) is 1.69. The molecule has 3 aromatic rings. The Morgan fingerprint density at radius 3 is 2.42 bits per heavy atom. The van der Waals surface area contributed by atoms with Gasteiger partial charge in [0.05, 0.1) is 5.56 Å². The summed E-state index contributed by atoms with van der Waals surface area (Å²) in [5.74, 6) is -0.478. The van der Waals surface area contributed by atoms with Crippen molar-refractivity contribution in [3.8, 4) is 0 Å². The molecule has 0 spiro atoms. The van der Waals surface area contributed by atoms with Gasteiger partial charge in [0, 0.05) is 34.3 Å². The molecule has 130 valence electrons. The lowest BCUT2D eigenvalue weighted by Crippen LogP contribution is -2.25. The summed E-state index contributed by atoms with van der Waals surface area (Å²) in [6.07, 6.45) is 2.06. The van der Waals surface area contributed by atoms with E-state index in [1.165, 1.54) is 6.07 Å². The van der Waals surface area contributed by atoms with Crippen LogP contribution >= 0.6 is 0 Å². The maximum Gasteiger partial charge on any atom is 0.256 e. The molecule has 0 bridgehead atoms. The number of benzene rings is 2. The molecule has 6 nitrogen and oxygen atoms in total. The summed E-state index contributed by atoms with van der Waals surface area (Å²) in [4.78, 5) is 39.1. The molecule has 2 aromatic carbocycles. The zero-order chi connectivity index (χ0) is 18.1. The van der Waals surface area contributed by atoms with E-state index >= 15 is 0 Å². The molecule has 0 atom stereocenters. The Morgan fingerprint density at radius 1 is 0.962 bits per heavy atom. The van der Waals surface area contributed by atoms with Crippen molar-refractivity contribution in [2.24, 2.45) is 0 Å². The van der Waals surface area contributed by atoms with Crippen LogP contribution in [0.3, 0.4) is 0 Å². The third-order valence-electron chi connectivity index (χ3n) is 4.31. The molecule has 1 aliphatic rings. The van der Waals surface area contributed by atoms with Crippen molar-refractivity contribution in [3.63, 3.8) is 0 Å². The van der Waals surface area contributed by atoms with Crippen molar-refractivity contribution < 1.29 is 9.59 Å². The Bertz CT molecular complexity index is 1050. The first kappa shape index (κ1) is 16.1. The number of fused-ring (bicyclic) bond motifs is 1. The number of hydrogen-bond acceptors (Lipinski definition) is 3. The average Bonchev–Trinajstić information content (AvgIpc) is 3.45. The van der Waals surface area contributed by atoms with Gasteiger partial charge >= 0.3 is 0 Å². The molecule has 6 heteroatoms. The van der Waals surface area contributed by atoms with E-state index in [1.807, 2.05) is 6.07 Å². The minimum absolute atomic E-state index is 0.106. The molecule has 1 fully saturated rings. The Morgan fingerprint density at radius 2 is 1.69 bits per heavy atom. The molecular weight excluding hydrogens is 330 g/mol. The maximum atomic E-state index is 12.6. The molecule has 2 amide bonds. The molecule has 1 aliphatic carbocycles. The fourth-order valence-corrected chi connectivity index (χ4v) is 2.79. The highest BCUT2D eigenvalue weighted by Gasteiger charge is 2.23. The van der Waals surface area contributed by atoms with Gasteiger partial charge in [-0.1, -0.05) is 18.2 Å². The van der Waals surface area contributed by atoms with Crippen LogP contribution < -0.4 is 16.2 Å². The number of carbonyl (C=O) groups excluding carboxylic acids is 2. The SMILES string of the molecule is O=C(NC1CC1)c1ccc(NC(=O)c2cc(=O)[nH]c3ccccc23)cc1. The molecule has 1 heterocycles. The molecule has 1 saturated carbocycles. The van der Waals surface area contributed by atoms with Crippen LogP contribution in [0.1, 0.15) is 33.6 Å².